The molecule has 1 saturated heterocycles. The summed E-state index contributed by atoms with van der Waals surface area (Å²) in [4.78, 5) is 24.2. The maximum atomic E-state index is 13.0. The Bertz CT molecular complexity index is 750. The van der Waals surface area contributed by atoms with Gasteiger partial charge in [-0.15, -0.1) is 0 Å². The second-order valence-corrected chi connectivity index (χ2v) is 7.31. The van der Waals surface area contributed by atoms with Crippen LogP contribution in [0.4, 0.5) is 5.82 Å². The van der Waals surface area contributed by atoms with E-state index in [4.69, 9.17) is 4.98 Å². The number of rotatable bonds is 4. The van der Waals surface area contributed by atoms with Gasteiger partial charge >= 0.3 is 0 Å². The van der Waals surface area contributed by atoms with Gasteiger partial charge < -0.3 is 10.2 Å². The molecule has 5 nitrogen and oxygen atoms in total. The number of amides is 1. The van der Waals surface area contributed by atoms with Crippen LogP contribution in [0.2, 0.25) is 0 Å². The lowest BCUT2D eigenvalue weighted by atomic mass is 10.1. The SMILES string of the molecule is O=C(c1cc(NC2CCCC2)nc(-c2ccccc2)n1)N1CCCCC1. The lowest BCUT2D eigenvalue weighted by Gasteiger charge is -2.26. The van der Waals surface area contributed by atoms with Gasteiger partial charge in [-0.25, -0.2) is 9.97 Å². The van der Waals surface area contributed by atoms with E-state index in [0.717, 1.165) is 37.3 Å². The molecule has 1 aliphatic heterocycles. The molecule has 136 valence electrons. The van der Waals surface area contributed by atoms with E-state index in [1.54, 1.807) is 0 Å². The van der Waals surface area contributed by atoms with Gasteiger partial charge in [-0.3, -0.25) is 4.79 Å². The second kappa shape index (κ2) is 7.85. The van der Waals surface area contributed by atoms with E-state index in [2.05, 4.69) is 10.3 Å². The summed E-state index contributed by atoms with van der Waals surface area (Å²) in [6, 6.07) is 12.2. The summed E-state index contributed by atoms with van der Waals surface area (Å²) in [6.45, 7) is 1.66. The third-order valence-electron chi connectivity index (χ3n) is 5.33. The number of nitrogens with zero attached hydrogens (tertiary/aromatic N) is 3. The quantitative estimate of drug-likeness (QED) is 0.901. The smallest absolute Gasteiger partial charge is 0.272 e. The number of anilines is 1. The minimum Gasteiger partial charge on any atom is -0.367 e. The van der Waals surface area contributed by atoms with E-state index in [0.29, 0.717) is 17.6 Å². The third-order valence-corrected chi connectivity index (χ3v) is 5.33. The van der Waals surface area contributed by atoms with Crippen LogP contribution in [0.1, 0.15) is 55.4 Å². The zero-order valence-electron chi connectivity index (χ0n) is 15.2. The summed E-state index contributed by atoms with van der Waals surface area (Å²) in [5.74, 6) is 1.42. The molecule has 4 rings (SSSR count). The van der Waals surface area contributed by atoms with Crippen LogP contribution in [0, 0.1) is 0 Å². The molecular weight excluding hydrogens is 324 g/mol. The minimum absolute atomic E-state index is 0.0266. The first kappa shape index (κ1) is 17.0. The number of nitrogens with one attached hydrogen (secondary N) is 1. The monoisotopic (exact) mass is 350 g/mol. The average Bonchev–Trinajstić information content (AvgIpc) is 3.21. The maximum Gasteiger partial charge on any atom is 0.272 e. The van der Waals surface area contributed by atoms with E-state index in [-0.39, 0.29) is 5.91 Å². The van der Waals surface area contributed by atoms with Crippen molar-refractivity contribution >= 4 is 11.7 Å². The molecule has 2 aliphatic rings. The zero-order chi connectivity index (χ0) is 17.8. The standard InChI is InChI=1S/C21H26N4O/c26-21(25-13-7-2-8-14-25)18-15-19(22-17-11-5-6-12-17)24-20(23-18)16-9-3-1-4-10-16/h1,3-4,9-10,15,17H,2,5-8,11-14H2,(H,22,23,24). The van der Waals surface area contributed by atoms with Crippen molar-refractivity contribution in [1.29, 1.82) is 0 Å². The summed E-state index contributed by atoms with van der Waals surface area (Å²) in [6.07, 6.45) is 8.21. The Morgan fingerprint density at radius 3 is 2.42 bits per heavy atom. The van der Waals surface area contributed by atoms with E-state index in [1.807, 2.05) is 41.3 Å². The molecule has 5 heteroatoms. The molecule has 1 aliphatic carbocycles. The Morgan fingerprint density at radius 2 is 1.69 bits per heavy atom. The minimum atomic E-state index is 0.0266. The average molecular weight is 350 g/mol. The Kier molecular flexibility index (Phi) is 5.14. The fourth-order valence-corrected chi connectivity index (χ4v) is 3.89. The van der Waals surface area contributed by atoms with Gasteiger partial charge in [-0.05, 0) is 32.1 Å². The molecule has 1 amide bonds. The third kappa shape index (κ3) is 3.87. The maximum absolute atomic E-state index is 13.0. The molecule has 0 unspecified atom stereocenters. The lowest BCUT2D eigenvalue weighted by Crippen LogP contribution is -2.36. The van der Waals surface area contributed by atoms with E-state index < -0.39 is 0 Å². The molecule has 2 fully saturated rings. The number of likely N-dealkylation sites (tertiary alicyclic amines) is 1. The number of aromatic nitrogens is 2. The zero-order valence-corrected chi connectivity index (χ0v) is 15.2. The van der Waals surface area contributed by atoms with E-state index in [1.165, 1.54) is 32.1 Å². The highest BCUT2D eigenvalue weighted by atomic mass is 16.2. The van der Waals surface area contributed by atoms with Gasteiger partial charge in [0.1, 0.15) is 11.5 Å². The van der Waals surface area contributed by atoms with Crippen LogP contribution in [0.3, 0.4) is 0 Å². The van der Waals surface area contributed by atoms with Gasteiger partial charge in [0.15, 0.2) is 5.82 Å². The first-order valence-electron chi connectivity index (χ1n) is 9.80. The number of carbonyl (C=O) groups excluding carboxylic acids is 1. The fourth-order valence-electron chi connectivity index (χ4n) is 3.89. The summed E-state index contributed by atoms with van der Waals surface area (Å²) >= 11 is 0. The highest BCUT2D eigenvalue weighted by molar-refractivity contribution is 5.93. The number of hydrogen-bond donors (Lipinski definition) is 1. The number of carbonyl (C=O) groups is 1. The van der Waals surface area contributed by atoms with Crippen LogP contribution >= 0.6 is 0 Å². The first-order valence-corrected chi connectivity index (χ1v) is 9.80. The molecule has 1 aromatic heterocycles. The Balaban J connectivity index is 1.66. The van der Waals surface area contributed by atoms with Crippen molar-refractivity contribution in [3.05, 3.63) is 42.1 Å². The van der Waals surface area contributed by atoms with Crippen LogP contribution in [-0.2, 0) is 0 Å². The lowest BCUT2D eigenvalue weighted by molar-refractivity contribution is 0.0718. The van der Waals surface area contributed by atoms with Crippen molar-refractivity contribution in [1.82, 2.24) is 14.9 Å². The van der Waals surface area contributed by atoms with Gasteiger partial charge in [-0.1, -0.05) is 43.2 Å². The molecular formula is C21H26N4O. The topological polar surface area (TPSA) is 58.1 Å². The summed E-state index contributed by atoms with van der Waals surface area (Å²) < 4.78 is 0. The molecule has 1 aromatic carbocycles. The molecule has 26 heavy (non-hydrogen) atoms. The highest BCUT2D eigenvalue weighted by Gasteiger charge is 2.22. The predicted molar refractivity (Wildman–Crippen MR) is 103 cm³/mol. The Labute approximate surface area is 154 Å². The van der Waals surface area contributed by atoms with Crippen LogP contribution in [0.25, 0.3) is 11.4 Å². The fraction of sp³-hybridized carbons (Fsp3) is 0.476. The van der Waals surface area contributed by atoms with Crippen LogP contribution in [0.15, 0.2) is 36.4 Å². The molecule has 2 heterocycles. The molecule has 0 radical (unpaired) electrons. The van der Waals surface area contributed by atoms with E-state index >= 15 is 0 Å². The van der Waals surface area contributed by atoms with Crippen LogP contribution < -0.4 is 5.32 Å². The molecule has 0 bridgehead atoms. The normalized spacial score (nSPS) is 18.1. The van der Waals surface area contributed by atoms with Gasteiger partial charge in [0, 0.05) is 30.8 Å². The summed E-state index contributed by atoms with van der Waals surface area (Å²) in [7, 11) is 0. The van der Waals surface area contributed by atoms with Crippen molar-refractivity contribution in [3.63, 3.8) is 0 Å². The number of hydrogen-bond acceptors (Lipinski definition) is 4. The predicted octanol–water partition coefficient (Wildman–Crippen LogP) is 4.12. The van der Waals surface area contributed by atoms with Gasteiger partial charge in [-0.2, -0.15) is 0 Å². The second-order valence-electron chi connectivity index (χ2n) is 7.31. The van der Waals surface area contributed by atoms with E-state index in [9.17, 15) is 4.79 Å². The van der Waals surface area contributed by atoms with Crippen LogP contribution in [-0.4, -0.2) is 39.9 Å². The first-order chi connectivity index (χ1) is 12.8. The molecule has 2 aromatic rings. The van der Waals surface area contributed by atoms with Crippen molar-refractivity contribution < 1.29 is 4.79 Å². The molecule has 0 spiro atoms. The summed E-state index contributed by atoms with van der Waals surface area (Å²) in [5.41, 5.74) is 1.44. The van der Waals surface area contributed by atoms with Crippen molar-refractivity contribution in [3.8, 4) is 11.4 Å². The number of benzene rings is 1. The van der Waals surface area contributed by atoms with Gasteiger partial charge in [0.25, 0.3) is 5.91 Å². The van der Waals surface area contributed by atoms with Crippen molar-refractivity contribution in [2.45, 2.75) is 51.0 Å². The Hall–Kier alpha value is -2.43. The molecule has 1 saturated carbocycles. The van der Waals surface area contributed by atoms with Crippen molar-refractivity contribution in [2.75, 3.05) is 18.4 Å². The summed E-state index contributed by atoms with van der Waals surface area (Å²) in [5, 5.41) is 3.53. The number of piperidine rings is 1. The van der Waals surface area contributed by atoms with Gasteiger partial charge in [0.2, 0.25) is 0 Å². The van der Waals surface area contributed by atoms with Crippen molar-refractivity contribution in [2.24, 2.45) is 0 Å². The Morgan fingerprint density at radius 1 is 0.962 bits per heavy atom. The molecule has 1 N–H and O–H groups in total. The van der Waals surface area contributed by atoms with Gasteiger partial charge in [0.05, 0.1) is 0 Å². The highest BCUT2D eigenvalue weighted by Crippen LogP contribution is 2.24. The largest absolute Gasteiger partial charge is 0.367 e. The molecule has 0 atom stereocenters. The van der Waals surface area contributed by atoms with Crippen LogP contribution in [0.5, 0.6) is 0 Å².